The Morgan fingerprint density at radius 3 is 2.77 bits per heavy atom. The van der Waals surface area contributed by atoms with Crippen LogP contribution in [0.3, 0.4) is 0 Å². The van der Waals surface area contributed by atoms with Crippen LogP contribution < -0.4 is 30.1 Å². The third-order valence-corrected chi connectivity index (χ3v) is 4.67. The van der Waals surface area contributed by atoms with E-state index >= 15 is 0 Å². The van der Waals surface area contributed by atoms with Crippen LogP contribution >= 0.6 is 0 Å². The van der Waals surface area contributed by atoms with E-state index in [4.69, 9.17) is 33.8 Å². The molecule has 30 heavy (non-hydrogen) atoms. The van der Waals surface area contributed by atoms with E-state index in [1.165, 1.54) is 7.11 Å². The number of methoxy groups -OCH3 is 1. The van der Waals surface area contributed by atoms with Gasteiger partial charge in [0.15, 0.2) is 17.3 Å². The fourth-order valence-electron chi connectivity index (χ4n) is 3.42. The molecule has 2 aliphatic heterocycles. The van der Waals surface area contributed by atoms with Crippen molar-refractivity contribution in [2.24, 2.45) is 5.73 Å². The minimum atomic E-state index is -0.976. The van der Waals surface area contributed by atoms with Crippen LogP contribution in [0.2, 0.25) is 0 Å². The smallest absolute Gasteiger partial charge is 0.340 e. The van der Waals surface area contributed by atoms with Crippen LogP contribution in [0.1, 0.15) is 29.9 Å². The zero-order valence-corrected chi connectivity index (χ0v) is 16.2. The fraction of sp³-hybridized carbons (Fsp3) is 0.300. The summed E-state index contributed by atoms with van der Waals surface area (Å²) in [6, 6.07) is 4.34. The van der Waals surface area contributed by atoms with Gasteiger partial charge in [0.1, 0.15) is 17.9 Å². The lowest BCUT2D eigenvalue weighted by Crippen LogP contribution is -2.30. The lowest BCUT2D eigenvalue weighted by Gasteiger charge is -2.27. The molecule has 3 N–H and O–H groups in total. The van der Waals surface area contributed by atoms with E-state index in [0.717, 1.165) is 6.07 Å². The molecule has 0 amide bonds. The predicted molar refractivity (Wildman–Crippen MR) is 100 cm³/mol. The number of hydrogen-bond acceptors (Lipinski definition) is 10. The first-order chi connectivity index (χ1) is 14.5. The maximum Gasteiger partial charge on any atom is 0.340 e. The molecule has 3 heterocycles. The maximum atomic E-state index is 12.7. The molecule has 4 rings (SSSR count). The number of rotatable bonds is 5. The topological polar surface area (TPSA) is 140 Å². The molecule has 0 saturated carbocycles. The molecule has 2 aromatic rings. The second kappa shape index (κ2) is 7.64. The van der Waals surface area contributed by atoms with Gasteiger partial charge in [-0.05, 0) is 24.6 Å². The van der Waals surface area contributed by atoms with Crippen LogP contribution in [0.4, 0.5) is 0 Å². The minimum Gasteiger partial charge on any atom is -0.493 e. The number of carbonyl (C=O) groups is 1. The van der Waals surface area contributed by atoms with Crippen LogP contribution in [-0.2, 0) is 16.1 Å². The molecule has 0 fully saturated rings. The average Bonchev–Trinajstić information content (AvgIpc) is 3.21. The highest BCUT2D eigenvalue weighted by molar-refractivity contribution is 5.92. The van der Waals surface area contributed by atoms with Crippen molar-refractivity contribution in [1.29, 1.82) is 0 Å². The van der Waals surface area contributed by atoms with Gasteiger partial charge in [0, 0.05) is 6.07 Å². The molecule has 0 radical (unpaired) electrons. The van der Waals surface area contributed by atoms with Crippen molar-refractivity contribution in [1.82, 2.24) is 0 Å². The van der Waals surface area contributed by atoms with Gasteiger partial charge in [0.25, 0.3) is 0 Å². The van der Waals surface area contributed by atoms with E-state index in [9.17, 15) is 14.7 Å². The van der Waals surface area contributed by atoms with Gasteiger partial charge in [0.05, 0.1) is 19.6 Å². The number of hydrogen-bond donors (Lipinski definition) is 2. The summed E-state index contributed by atoms with van der Waals surface area (Å²) in [7, 11) is 1.46. The first-order valence-corrected chi connectivity index (χ1v) is 9.08. The number of aliphatic hydroxyl groups is 1. The molecule has 1 unspecified atom stereocenters. The van der Waals surface area contributed by atoms with Crippen LogP contribution in [0.5, 0.6) is 23.0 Å². The minimum absolute atomic E-state index is 0.00346. The zero-order chi connectivity index (χ0) is 21.4. The van der Waals surface area contributed by atoms with Crippen LogP contribution in [0.25, 0.3) is 0 Å². The van der Waals surface area contributed by atoms with Crippen LogP contribution in [0, 0.1) is 0 Å². The van der Waals surface area contributed by atoms with E-state index in [1.54, 1.807) is 19.1 Å². The first kappa shape index (κ1) is 19.6. The second-order valence-electron chi connectivity index (χ2n) is 6.42. The third kappa shape index (κ3) is 3.11. The summed E-state index contributed by atoms with van der Waals surface area (Å²) in [5.41, 5.74) is 5.87. The zero-order valence-electron chi connectivity index (χ0n) is 16.2. The van der Waals surface area contributed by atoms with Gasteiger partial charge in [-0.2, -0.15) is 0 Å². The Balaban J connectivity index is 1.98. The monoisotopic (exact) mass is 417 g/mol. The van der Waals surface area contributed by atoms with Gasteiger partial charge >= 0.3 is 5.97 Å². The van der Waals surface area contributed by atoms with Crippen LogP contribution in [0.15, 0.2) is 38.9 Å². The number of nitrogens with two attached hydrogens (primary N) is 1. The fourth-order valence-corrected chi connectivity index (χ4v) is 3.42. The molecular weight excluding hydrogens is 398 g/mol. The summed E-state index contributed by atoms with van der Waals surface area (Å²) < 4.78 is 32.5. The van der Waals surface area contributed by atoms with Crippen molar-refractivity contribution in [3.8, 4) is 23.0 Å². The van der Waals surface area contributed by atoms with Crippen molar-refractivity contribution in [2.75, 3.05) is 20.5 Å². The number of aliphatic hydroxyl groups excluding tert-OH is 1. The van der Waals surface area contributed by atoms with Gasteiger partial charge in [0.2, 0.25) is 29.6 Å². The van der Waals surface area contributed by atoms with Crippen molar-refractivity contribution >= 4 is 5.97 Å². The number of ether oxygens (including phenoxy) is 5. The summed E-state index contributed by atoms with van der Waals surface area (Å²) >= 11 is 0. The molecular formula is C20H19NO9. The highest BCUT2D eigenvalue weighted by atomic mass is 16.7. The standard InChI is InChI=1S/C20H19NO9/c1-3-26-20(24)15-14(9-4-12(25-2)17-13(5-9)27-8-28-17)18-16(30-19(15)21)11(23)6-10(7-22)29-18/h4-6,14,22H,3,7-8,21H2,1-2H3. The molecule has 0 aliphatic carbocycles. The van der Waals surface area contributed by atoms with Crippen molar-refractivity contribution in [3.05, 3.63) is 57.0 Å². The lowest BCUT2D eigenvalue weighted by molar-refractivity contribution is -0.139. The average molecular weight is 417 g/mol. The van der Waals surface area contributed by atoms with E-state index in [-0.39, 0.29) is 42.1 Å². The number of carbonyl (C=O) groups excluding carboxylic acids is 1. The summed E-state index contributed by atoms with van der Waals surface area (Å²) in [6.45, 7) is 1.23. The lowest BCUT2D eigenvalue weighted by atomic mass is 9.86. The normalized spacial score (nSPS) is 16.7. The van der Waals surface area contributed by atoms with Gasteiger partial charge in [-0.1, -0.05) is 0 Å². The molecule has 158 valence electrons. The molecule has 1 aromatic heterocycles. The summed E-state index contributed by atoms with van der Waals surface area (Å²) in [4.78, 5) is 25.3. The summed E-state index contributed by atoms with van der Waals surface area (Å²) in [6.07, 6.45) is 0. The van der Waals surface area contributed by atoms with Gasteiger partial charge in [-0.3, -0.25) is 4.79 Å². The molecule has 0 saturated heterocycles. The summed E-state index contributed by atoms with van der Waals surface area (Å²) in [5, 5.41) is 9.48. The van der Waals surface area contributed by atoms with Gasteiger partial charge in [-0.25, -0.2) is 4.79 Å². The van der Waals surface area contributed by atoms with Crippen molar-refractivity contribution in [3.63, 3.8) is 0 Å². The molecule has 0 spiro atoms. The maximum absolute atomic E-state index is 12.7. The second-order valence-corrected chi connectivity index (χ2v) is 6.42. The molecule has 10 nitrogen and oxygen atoms in total. The highest BCUT2D eigenvalue weighted by Gasteiger charge is 2.40. The van der Waals surface area contributed by atoms with E-state index in [1.807, 2.05) is 0 Å². The Labute approximate surface area is 170 Å². The van der Waals surface area contributed by atoms with Gasteiger partial charge in [-0.15, -0.1) is 0 Å². The van der Waals surface area contributed by atoms with E-state index in [0.29, 0.717) is 22.8 Å². The van der Waals surface area contributed by atoms with Crippen molar-refractivity contribution in [2.45, 2.75) is 19.4 Å². The quantitative estimate of drug-likeness (QED) is 0.680. The number of benzene rings is 1. The molecule has 2 aliphatic rings. The van der Waals surface area contributed by atoms with Crippen molar-refractivity contribution < 1.29 is 38.0 Å². The van der Waals surface area contributed by atoms with Crippen LogP contribution in [-0.4, -0.2) is 31.6 Å². The Kier molecular flexibility index (Phi) is 5.00. The number of esters is 1. The molecule has 1 atom stereocenters. The van der Waals surface area contributed by atoms with E-state index < -0.39 is 23.9 Å². The SMILES string of the molecule is CCOC(=O)C1=C(N)Oc2c(oc(CO)cc2=O)C1c1cc(OC)c2c(c1)OCO2. The Morgan fingerprint density at radius 1 is 1.27 bits per heavy atom. The molecule has 1 aromatic carbocycles. The molecule has 0 bridgehead atoms. The largest absolute Gasteiger partial charge is 0.493 e. The summed E-state index contributed by atoms with van der Waals surface area (Å²) in [5.74, 6) is -1.02. The Morgan fingerprint density at radius 2 is 2.07 bits per heavy atom. The number of fused-ring (bicyclic) bond motifs is 2. The third-order valence-electron chi connectivity index (χ3n) is 4.67. The highest BCUT2D eigenvalue weighted by Crippen LogP contribution is 2.48. The molecule has 10 heteroatoms. The predicted octanol–water partition coefficient (Wildman–Crippen LogP) is 1.13. The Hall–Kier alpha value is -3.66. The van der Waals surface area contributed by atoms with E-state index in [2.05, 4.69) is 0 Å². The first-order valence-electron chi connectivity index (χ1n) is 9.08. The Bertz CT molecular complexity index is 1100. The van der Waals surface area contributed by atoms with Gasteiger partial charge < -0.3 is 38.9 Å².